The Balaban J connectivity index is 2.50. The van der Waals surface area contributed by atoms with Gasteiger partial charge in [0.05, 0.1) is 19.3 Å². The van der Waals surface area contributed by atoms with E-state index in [1.54, 1.807) is 6.07 Å². The molecule has 0 amide bonds. The molecule has 0 fully saturated rings. The fourth-order valence-corrected chi connectivity index (χ4v) is 1.74. The van der Waals surface area contributed by atoms with E-state index in [-0.39, 0.29) is 6.61 Å². The van der Waals surface area contributed by atoms with Crippen LogP contribution in [-0.2, 0) is 0 Å². The molecule has 5 heteroatoms. The zero-order chi connectivity index (χ0) is 11.1. The Hall–Kier alpha value is -0.780. The van der Waals surface area contributed by atoms with E-state index in [2.05, 4.69) is 4.98 Å². The summed E-state index contributed by atoms with van der Waals surface area (Å²) >= 11 is 1.39. The van der Waals surface area contributed by atoms with Crippen LogP contribution in [0.4, 0.5) is 0 Å². The number of nitrogens with zero attached hydrogens (tertiary/aromatic N) is 1. The van der Waals surface area contributed by atoms with Gasteiger partial charge in [0, 0.05) is 11.8 Å². The Bertz CT molecular complexity index is 296. The number of aromatic nitrogens is 1. The van der Waals surface area contributed by atoms with Crippen molar-refractivity contribution in [3.8, 4) is 5.88 Å². The van der Waals surface area contributed by atoms with Crippen molar-refractivity contribution in [2.75, 3.05) is 19.0 Å². The fraction of sp³-hybridized carbons (Fsp3) is 0.500. The molecule has 0 aliphatic rings. The summed E-state index contributed by atoms with van der Waals surface area (Å²) in [4.78, 5) is 4.22. The van der Waals surface area contributed by atoms with E-state index < -0.39 is 6.10 Å². The minimum absolute atomic E-state index is 0.224. The van der Waals surface area contributed by atoms with Crippen LogP contribution >= 0.6 is 11.8 Å². The van der Waals surface area contributed by atoms with Crippen molar-refractivity contribution in [3.63, 3.8) is 0 Å². The van der Waals surface area contributed by atoms with Gasteiger partial charge in [-0.15, -0.1) is 11.8 Å². The van der Waals surface area contributed by atoms with Gasteiger partial charge in [-0.25, -0.2) is 4.98 Å². The van der Waals surface area contributed by atoms with E-state index >= 15 is 0 Å². The van der Waals surface area contributed by atoms with Gasteiger partial charge in [-0.3, -0.25) is 0 Å². The Morgan fingerprint density at radius 3 is 3.00 bits per heavy atom. The summed E-state index contributed by atoms with van der Waals surface area (Å²) in [5.74, 6) is 1.01. The van der Waals surface area contributed by atoms with E-state index in [4.69, 9.17) is 14.9 Å². The van der Waals surface area contributed by atoms with Crippen molar-refractivity contribution in [1.82, 2.24) is 4.98 Å². The smallest absolute Gasteiger partial charge is 0.214 e. The first kappa shape index (κ1) is 12.3. The van der Waals surface area contributed by atoms with Gasteiger partial charge in [-0.1, -0.05) is 6.07 Å². The van der Waals surface area contributed by atoms with Gasteiger partial charge >= 0.3 is 0 Å². The molecule has 1 unspecified atom stereocenters. The molecule has 4 nitrogen and oxygen atoms in total. The Kier molecular flexibility index (Phi) is 5.45. The van der Waals surface area contributed by atoms with E-state index in [0.29, 0.717) is 18.2 Å². The first-order chi connectivity index (χ1) is 7.26. The van der Waals surface area contributed by atoms with Crippen molar-refractivity contribution in [1.29, 1.82) is 0 Å². The third-order valence-corrected chi connectivity index (χ3v) is 2.70. The third-order valence-electron chi connectivity index (χ3n) is 1.62. The summed E-state index contributed by atoms with van der Waals surface area (Å²) in [7, 11) is 0. The molecule has 1 atom stereocenters. The standard InChI is InChI=1S/C10H15NO3S/c1-2-14-9-4-3-5-10(11-9)15-7-8(13)6-12/h3-5,8,12-13H,2,6-7H2,1H3. The lowest BCUT2D eigenvalue weighted by Crippen LogP contribution is -2.14. The van der Waals surface area contributed by atoms with E-state index in [1.165, 1.54) is 11.8 Å². The highest BCUT2D eigenvalue weighted by atomic mass is 32.2. The minimum atomic E-state index is -0.701. The zero-order valence-corrected chi connectivity index (χ0v) is 9.41. The molecule has 0 radical (unpaired) electrons. The quantitative estimate of drug-likeness (QED) is 0.710. The predicted molar refractivity (Wildman–Crippen MR) is 59.2 cm³/mol. The second-order valence-corrected chi connectivity index (χ2v) is 3.93. The Morgan fingerprint density at radius 1 is 1.53 bits per heavy atom. The van der Waals surface area contributed by atoms with Crippen LogP contribution < -0.4 is 4.74 Å². The van der Waals surface area contributed by atoms with Gasteiger partial charge < -0.3 is 14.9 Å². The van der Waals surface area contributed by atoms with Gasteiger partial charge in [0.15, 0.2) is 0 Å². The van der Waals surface area contributed by atoms with Crippen LogP contribution in [0.3, 0.4) is 0 Å². The van der Waals surface area contributed by atoms with Crippen molar-refractivity contribution in [2.24, 2.45) is 0 Å². The zero-order valence-electron chi connectivity index (χ0n) is 8.59. The molecule has 1 rings (SSSR count). The highest BCUT2D eigenvalue weighted by molar-refractivity contribution is 7.99. The number of pyridine rings is 1. The van der Waals surface area contributed by atoms with Crippen LogP contribution in [-0.4, -0.2) is 40.3 Å². The lowest BCUT2D eigenvalue weighted by molar-refractivity contribution is 0.113. The van der Waals surface area contributed by atoms with Gasteiger partial charge in [0.2, 0.25) is 5.88 Å². The van der Waals surface area contributed by atoms with Gasteiger partial charge in [-0.05, 0) is 13.0 Å². The van der Waals surface area contributed by atoms with Crippen LogP contribution in [0.15, 0.2) is 23.2 Å². The van der Waals surface area contributed by atoms with Crippen LogP contribution in [0.1, 0.15) is 6.92 Å². The topological polar surface area (TPSA) is 62.6 Å². The summed E-state index contributed by atoms with van der Waals surface area (Å²) in [5.41, 5.74) is 0. The lowest BCUT2D eigenvalue weighted by Gasteiger charge is -2.07. The number of aliphatic hydroxyl groups excluding tert-OH is 2. The first-order valence-corrected chi connectivity index (χ1v) is 5.76. The van der Waals surface area contributed by atoms with Crippen LogP contribution in [0, 0.1) is 0 Å². The average molecular weight is 229 g/mol. The Labute approximate surface area is 93.3 Å². The van der Waals surface area contributed by atoms with E-state index in [9.17, 15) is 0 Å². The molecule has 0 saturated heterocycles. The molecule has 0 aliphatic carbocycles. The molecular weight excluding hydrogens is 214 g/mol. The molecule has 0 aromatic carbocycles. The fourth-order valence-electron chi connectivity index (χ4n) is 0.939. The third kappa shape index (κ3) is 4.51. The molecule has 1 heterocycles. The number of hydrogen-bond acceptors (Lipinski definition) is 5. The second-order valence-electron chi connectivity index (χ2n) is 2.89. The van der Waals surface area contributed by atoms with Gasteiger partial charge in [-0.2, -0.15) is 0 Å². The van der Waals surface area contributed by atoms with Crippen molar-refractivity contribution >= 4 is 11.8 Å². The van der Waals surface area contributed by atoms with Crippen LogP contribution in [0.5, 0.6) is 5.88 Å². The number of rotatable bonds is 6. The van der Waals surface area contributed by atoms with Crippen LogP contribution in [0.25, 0.3) is 0 Å². The molecule has 1 aromatic heterocycles. The van der Waals surface area contributed by atoms with Gasteiger partial charge in [0.25, 0.3) is 0 Å². The maximum Gasteiger partial charge on any atom is 0.214 e. The van der Waals surface area contributed by atoms with Crippen molar-refractivity contribution in [3.05, 3.63) is 18.2 Å². The number of ether oxygens (including phenoxy) is 1. The Morgan fingerprint density at radius 2 is 2.33 bits per heavy atom. The molecule has 0 saturated carbocycles. The summed E-state index contributed by atoms with van der Waals surface area (Å²) in [6.07, 6.45) is -0.701. The predicted octanol–water partition coefficient (Wildman–Crippen LogP) is 0.926. The SMILES string of the molecule is CCOc1cccc(SCC(O)CO)n1. The summed E-state index contributed by atoms with van der Waals surface area (Å²) in [6.45, 7) is 2.26. The largest absolute Gasteiger partial charge is 0.478 e. The monoisotopic (exact) mass is 229 g/mol. The highest BCUT2D eigenvalue weighted by Crippen LogP contribution is 2.19. The van der Waals surface area contributed by atoms with Crippen molar-refractivity contribution < 1.29 is 14.9 Å². The number of aliphatic hydroxyl groups is 2. The normalized spacial score (nSPS) is 12.5. The highest BCUT2D eigenvalue weighted by Gasteiger charge is 2.04. The summed E-state index contributed by atoms with van der Waals surface area (Å²) < 4.78 is 5.24. The molecule has 84 valence electrons. The molecule has 0 spiro atoms. The first-order valence-electron chi connectivity index (χ1n) is 4.77. The number of thioether (sulfide) groups is 1. The maximum atomic E-state index is 9.16. The molecule has 15 heavy (non-hydrogen) atoms. The van der Waals surface area contributed by atoms with Crippen molar-refractivity contribution in [2.45, 2.75) is 18.1 Å². The lowest BCUT2D eigenvalue weighted by atomic mass is 10.4. The minimum Gasteiger partial charge on any atom is -0.478 e. The average Bonchev–Trinajstić information content (AvgIpc) is 2.27. The van der Waals surface area contributed by atoms with Crippen LogP contribution in [0.2, 0.25) is 0 Å². The van der Waals surface area contributed by atoms with E-state index in [0.717, 1.165) is 5.03 Å². The molecule has 0 bridgehead atoms. The summed E-state index contributed by atoms with van der Waals surface area (Å²) in [5, 5.41) is 18.6. The molecule has 0 aliphatic heterocycles. The van der Waals surface area contributed by atoms with Gasteiger partial charge in [0.1, 0.15) is 5.03 Å². The second kappa shape index (κ2) is 6.66. The maximum absolute atomic E-state index is 9.16. The molecule has 1 aromatic rings. The van der Waals surface area contributed by atoms with E-state index in [1.807, 2.05) is 19.1 Å². The number of hydrogen-bond donors (Lipinski definition) is 2. The summed E-state index contributed by atoms with van der Waals surface area (Å²) in [6, 6.07) is 5.49. The molecule has 2 N–H and O–H groups in total. The molecular formula is C10H15NO3S.